The largest absolute Gasteiger partial charge is 0.338 e. The second-order valence-electron chi connectivity index (χ2n) is 4.68. The number of thioether (sulfide) groups is 1. The minimum Gasteiger partial charge on any atom is -0.338 e. The summed E-state index contributed by atoms with van der Waals surface area (Å²) in [6.45, 7) is 4.17. The van der Waals surface area contributed by atoms with Crippen LogP contribution in [-0.2, 0) is 5.75 Å². The Balaban J connectivity index is 1.98. The quantitative estimate of drug-likeness (QED) is 0.815. The fraction of sp³-hybridized carbons (Fsp3) is 0.429. The Morgan fingerprint density at radius 1 is 1.40 bits per heavy atom. The summed E-state index contributed by atoms with van der Waals surface area (Å²) >= 11 is 7.68. The Morgan fingerprint density at radius 2 is 2.15 bits per heavy atom. The third kappa shape index (κ3) is 3.75. The molecule has 0 bridgehead atoms. The highest BCUT2D eigenvalue weighted by Crippen LogP contribution is 2.29. The molecule has 0 fully saturated rings. The Bertz CT molecular complexity index is 561. The molecular weight excluding hydrogens is 294 g/mol. The molecule has 2 aromatic rings. The van der Waals surface area contributed by atoms with Crippen LogP contribution in [0.5, 0.6) is 0 Å². The number of halogens is 1. The molecule has 0 radical (unpaired) electrons. The molecule has 0 unspecified atom stereocenters. The summed E-state index contributed by atoms with van der Waals surface area (Å²) in [5.41, 5.74) is 6.07. The van der Waals surface area contributed by atoms with Crippen molar-refractivity contribution in [1.29, 1.82) is 0 Å². The monoisotopic (exact) mass is 311 g/mol. The van der Waals surface area contributed by atoms with Crippen LogP contribution in [0.25, 0.3) is 0 Å². The van der Waals surface area contributed by atoms with Gasteiger partial charge in [-0.15, -0.1) is 11.8 Å². The molecule has 2 N–H and O–H groups in total. The van der Waals surface area contributed by atoms with Crippen molar-refractivity contribution in [2.75, 3.05) is 0 Å². The van der Waals surface area contributed by atoms with Crippen molar-refractivity contribution >= 4 is 23.4 Å². The highest BCUT2D eigenvalue weighted by molar-refractivity contribution is 7.98. The number of rotatable bonds is 6. The number of nitrogens with two attached hydrogens (primary N) is 1. The molecule has 0 aliphatic rings. The summed E-state index contributed by atoms with van der Waals surface area (Å²) in [5.74, 6) is 2.08. The predicted octanol–water partition coefficient (Wildman–Crippen LogP) is 4.06. The second kappa shape index (κ2) is 7.11. The minimum absolute atomic E-state index is 0.202. The average molecular weight is 312 g/mol. The topological polar surface area (TPSA) is 64.9 Å². The van der Waals surface area contributed by atoms with Gasteiger partial charge in [0.05, 0.1) is 16.8 Å². The van der Waals surface area contributed by atoms with E-state index in [2.05, 4.69) is 24.0 Å². The second-order valence-corrected chi connectivity index (χ2v) is 6.10. The van der Waals surface area contributed by atoms with E-state index in [1.165, 1.54) is 0 Å². The van der Waals surface area contributed by atoms with Gasteiger partial charge in [-0.3, -0.25) is 0 Å². The van der Waals surface area contributed by atoms with Crippen molar-refractivity contribution in [3.8, 4) is 0 Å². The van der Waals surface area contributed by atoms with Gasteiger partial charge in [0, 0.05) is 4.90 Å². The van der Waals surface area contributed by atoms with Crippen molar-refractivity contribution < 1.29 is 4.52 Å². The normalized spacial score (nSPS) is 14.2. The Kier molecular flexibility index (Phi) is 5.46. The van der Waals surface area contributed by atoms with Crippen molar-refractivity contribution in [1.82, 2.24) is 10.1 Å². The van der Waals surface area contributed by atoms with Gasteiger partial charge in [0.2, 0.25) is 5.89 Å². The lowest BCUT2D eigenvalue weighted by atomic mass is 10.0. The third-order valence-corrected chi connectivity index (χ3v) is 4.73. The lowest BCUT2D eigenvalue weighted by molar-refractivity contribution is 0.311. The molecule has 20 heavy (non-hydrogen) atoms. The van der Waals surface area contributed by atoms with Crippen LogP contribution in [0.3, 0.4) is 0 Å². The van der Waals surface area contributed by atoms with Crippen LogP contribution in [0.4, 0.5) is 0 Å². The molecule has 0 saturated heterocycles. The summed E-state index contributed by atoms with van der Waals surface area (Å²) in [5, 5.41) is 4.70. The molecule has 2 atom stereocenters. The molecule has 2 rings (SSSR count). The summed E-state index contributed by atoms with van der Waals surface area (Å²) in [6, 6.07) is 7.49. The first-order chi connectivity index (χ1) is 9.61. The molecule has 0 aliphatic heterocycles. The van der Waals surface area contributed by atoms with E-state index in [1.807, 2.05) is 24.3 Å². The van der Waals surface area contributed by atoms with Crippen molar-refractivity contribution in [2.45, 2.75) is 37.0 Å². The summed E-state index contributed by atoms with van der Waals surface area (Å²) in [7, 11) is 0. The SMILES string of the molecule is CC[C@H](C)[C@H](N)c1nc(CSc2ccccc2Cl)no1. The molecule has 1 heterocycles. The third-order valence-electron chi connectivity index (χ3n) is 3.22. The highest BCUT2D eigenvalue weighted by Gasteiger charge is 2.20. The first-order valence-electron chi connectivity index (χ1n) is 6.57. The van der Waals surface area contributed by atoms with E-state index in [1.54, 1.807) is 11.8 Å². The van der Waals surface area contributed by atoms with Gasteiger partial charge in [0.1, 0.15) is 0 Å². The van der Waals surface area contributed by atoms with Crippen LogP contribution in [-0.4, -0.2) is 10.1 Å². The molecule has 1 aromatic heterocycles. The number of aromatic nitrogens is 2. The maximum atomic E-state index is 6.10. The van der Waals surface area contributed by atoms with Crippen molar-refractivity contribution in [3.63, 3.8) is 0 Å². The zero-order valence-corrected chi connectivity index (χ0v) is 13.1. The van der Waals surface area contributed by atoms with Crippen LogP contribution in [0.1, 0.15) is 38.0 Å². The lowest BCUT2D eigenvalue weighted by Gasteiger charge is -2.12. The van der Waals surface area contributed by atoms with Crippen LogP contribution in [0.2, 0.25) is 5.02 Å². The molecule has 0 aliphatic carbocycles. The van der Waals surface area contributed by atoms with E-state index in [0.29, 0.717) is 23.4 Å². The predicted molar refractivity (Wildman–Crippen MR) is 81.7 cm³/mol. The fourth-order valence-electron chi connectivity index (χ4n) is 1.66. The highest BCUT2D eigenvalue weighted by atomic mass is 35.5. The molecule has 0 amide bonds. The van der Waals surface area contributed by atoms with Gasteiger partial charge in [-0.2, -0.15) is 4.98 Å². The number of hydrogen-bond donors (Lipinski definition) is 1. The van der Waals surface area contributed by atoms with Gasteiger partial charge in [0.25, 0.3) is 0 Å². The smallest absolute Gasteiger partial charge is 0.243 e. The lowest BCUT2D eigenvalue weighted by Crippen LogP contribution is -2.18. The summed E-state index contributed by atoms with van der Waals surface area (Å²) in [4.78, 5) is 5.36. The standard InChI is InChI=1S/C14H18ClN3OS/c1-3-9(2)13(16)14-17-12(18-19-14)8-20-11-7-5-4-6-10(11)15/h4-7,9,13H,3,8,16H2,1-2H3/t9-,13-/m0/s1. The van der Waals surface area contributed by atoms with Gasteiger partial charge < -0.3 is 10.3 Å². The van der Waals surface area contributed by atoms with E-state index in [-0.39, 0.29) is 6.04 Å². The van der Waals surface area contributed by atoms with E-state index in [4.69, 9.17) is 21.9 Å². The van der Waals surface area contributed by atoms with Gasteiger partial charge in [-0.05, 0) is 18.1 Å². The summed E-state index contributed by atoms with van der Waals surface area (Å²) in [6.07, 6.45) is 0.979. The average Bonchev–Trinajstić information content (AvgIpc) is 2.93. The molecule has 108 valence electrons. The van der Waals surface area contributed by atoms with Gasteiger partial charge in [-0.25, -0.2) is 0 Å². The minimum atomic E-state index is -0.202. The molecule has 1 aromatic carbocycles. The maximum Gasteiger partial charge on any atom is 0.243 e. The molecular formula is C14H18ClN3OS. The molecule has 0 saturated carbocycles. The molecule has 4 nitrogen and oxygen atoms in total. The fourth-order valence-corrected chi connectivity index (χ4v) is 2.74. The Labute approximate surface area is 128 Å². The first kappa shape index (κ1) is 15.4. The maximum absolute atomic E-state index is 6.10. The number of hydrogen-bond acceptors (Lipinski definition) is 5. The molecule has 0 spiro atoms. The Hall–Kier alpha value is -1.04. The van der Waals surface area contributed by atoms with E-state index >= 15 is 0 Å². The first-order valence-corrected chi connectivity index (χ1v) is 7.93. The van der Waals surface area contributed by atoms with Crippen LogP contribution in [0.15, 0.2) is 33.7 Å². The zero-order chi connectivity index (χ0) is 14.5. The van der Waals surface area contributed by atoms with Gasteiger partial charge >= 0.3 is 0 Å². The zero-order valence-electron chi connectivity index (χ0n) is 11.5. The van der Waals surface area contributed by atoms with Gasteiger partial charge in [-0.1, -0.05) is 49.2 Å². The van der Waals surface area contributed by atoms with Gasteiger partial charge in [0.15, 0.2) is 5.82 Å². The number of nitrogens with zero attached hydrogens (tertiary/aromatic N) is 2. The molecule has 6 heteroatoms. The van der Waals surface area contributed by atoms with Crippen LogP contribution >= 0.6 is 23.4 Å². The van der Waals surface area contributed by atoms with Crippen molar-refractivity contribution in [2.24, 2.45) is 11.7 Å². The van der Waals surface area contributed by atoms with Crippen LogP contribution < -0.4 is 5.73 Å². The Morgan fingerprint density at radius 3 is 2.85 bits per heavy atom. The summed E-state index contributed by atoms with van der Waals surface area (Å²) < 4.78 is 5.24. The van der Waals surface area contributed by atoms with Crippen molar-refractivity contribution in [3.05, 3.63) is 41.0 Å². The van der Waals surface area contributed by atoms with E-state index < -0.39 is 0 Å². The van der Waals surface area contributed by atoms with E-state index in [0.717, 1.165) is 16.3 Å². The van der Waals surface area contributed by atoms with E-state index in [9.17, 15) is 0 Å². The van der Waals surface area contributed by atoms with Crippen LogP contribution in [0, 0.1) is 5.92 Å². The number of benzene rings is 1.